The summed E-state index contributed by atoms with van der Waals surface area (Å²) in [7, 11) is -3.71. The van der Waals surface area contributed by atoms with Crippen molar-refractivity contribution < 1.29 is 32.8 Å². The minimum absolute atomic E-state index is 0.0691. The van der Waals surface area contributed by atoms with Gasteiger partial charge in [-0.05, 0) is 73.7 Å². The fourth-order valence-electron chi connectivity index (χ4n) is 4.31. The zero-order chi connectivity index (χ0) is 33.5. The zero-order valence-corrected chi connectivity index (χ0v) is 27.8. The summed E-state index contributed by atoms with van der Waals surface area (Å²) in [5, 5.41) is 22.0. The molecule has 2 N–H and O–H groups in total. The summed E-state index contributed by atoms with van der Waals surface area (Å²) in [6, 6.07) is 18.5. The van der Waals surface area contributed by atoms with Crippen molar-refractivity contribution in [2.75, 3.05) is 19.3 Å². The third-order valence-electron chi connectivity index (χ3n) is 6.36. The van der Waals surface area contributed by atoms with Crippen LogP contribution in [0, 0.1) is 10.1 Å². The number of amides is 2. The Bertz CT molecular complexity index is 1620. The lowest BCUT2D eigenvalue weighted by atomic mass is 10.0. The summed E-state index contributed by atoms with van der Waals surface area (Å²) in [5.74, 6) is -0.684. The van der Waals surface area contributed by atoms with E-state index in [4.69, 9.17) is 4.74 Å². The predicted molar refractivity (Wildman–Crippen MR) is 175 cm³/mol. The second-order valence-corrected chi connectivity index (χ2v) is 15.2. The minimum atomic E-state index is -3.71. The van der Waals surface area contributed by atoms with Crippen molar-refractivity contribution in [1.29, 1.82) is 0 Å². The van der Waals surface area contributed by atoms with Gasteiger partial charge in [-0.1, -0.05) is 44.2 Å². The molecule has 0 aliphatic carbocycles. The molecule has 0 unspecified atom stereocenters. The average molecular weight is 658 g/mol. The topological polar surface area (TPSA) is 156 Å². The zero-order valence-electron chi connectivity index (χ0n) is 26.1. The van der Waals surface area contributed by atoms with Crippen LogP contribution in [-0.2, 0) is 21.2 Å². The average Bonchev–Trinajstić information content (AvgIpc) is 2.93. The van der Waals surface area contributed by atoms with Crippen molar-refractivity contribution in [3.05, 3.63) is 93.5 Å². The largest absolute Gasteiger partial charge is 0.444 e. The van der Waals surface area contributed by atoms with Crippen molar-refractivity contribution in [3.63, 3.8) is 0 Å². The molecule has 0 aliphatic heterocycles. The third kappa shape index (κ3) is 11.2. The molecule has 0 fully saturated rings. The molecule has 0 bridgehead atoms. The van der Waals surface area contributed by atoms with Crippen LogP contribution in [0.25, 0.3) is 11.1 Å². The van der Waals surface area contributed by atoms with Gasteiger partial charge in [-0.15, -0.1) is 11.8 Å². The van der Waals surface area contributed by atoms with E-state index in [0.29, 0.717) is 16.9 Å². The van der Waals surface area contributed by atoms with E-state index >= 15 is 0 Å². The van der Waals surface area contributed by atoms with Gasteiger partial charge in [0.1, 0.15) is 5.60 Å². The Balaban J connectivity index is 1.78. The number of thioether (sulfide) groups is 1. The highest BCUT2D eigenvalue weighted by atomic mass is 32.2. The summed E-state index contributed by atoms with van der Waals surface area (Å²) in [6.45, 7) is 9.41. The normalized spacial score (nSPS) is 12.4. The Kier molecular flexibility index (Phi) is 11.8. The lowest BCUT2D eigenvalue weighted by Gasteiger charge is -2.29. The monoisotopic (exact) mass is 657 g/mol. The van der Waals surface area contributed by atoms with Crippen molar-refractivity contribution in [2.45, 2.75) is 62.9 Å². The van der Waals surface area contributed by atoms with Crippen molar-refractivity contribution >= 4 is 39.5 Å². The standard InChI is InChI=1S/C32H39N3O8S2/c1-21(2)44-29-19-25(13-16-27(29)30(37)33-45(6,41)42)23-9-7-22(8-10-23)17-18-34(31(38)43-32(3,4)5)20-28(36)24-11-14-26(15-12-24)35(39)40/h7-16,19,21,28,36H,17-18,20H2,1-6H3,(H,33,37)/t28-/m0/s1. The Morgan fingerprint density at radius 3 is 2.16 bits per heavy atom. The number of ether oxygens (including phenoxy) is 1. The van der Waals surface area contributed by atoms with Gasteiger partial charge in [0, 0.05) is 28.8 Å². The first kappa shape index (κ1) is 35.5. The Morgan fingerprint density at radius 2 is 1.62 bits per heavy atom. The first-order chi connectivity index (χ1) is 20.9. The van der Waals surface area contributed by atoms with E-state index in [9.17, 15) is 33.2 Å². The summed E-state index contributed by atoms with van der Waals surface area (Å²) in [4.78, 5) is 38.2. The van der Waals surface area contributed by atoms with E-state index in [-0.39, 0.29) is 29.6 Å². The van der Waals surface area contributed by atoms with Crippen molar-refractivity contribution in [2.24, 2.45) is 0 Å². The summed E-state index contributed by atoms with van der Waals surface area (Å²) >= 11 is 1.46. The molecule has 0 aromatic heterocycles. The van der Waals surface area contributed by atoms with Gasteiger partial charge in [-0.3, -0.25) is 14.9 Å². The first-order valence-electron chi connectivity index (χ1n) is 14.2. The summed E-state index contributed by atoms with van der Waals surface area (Å²) in [5.41, 5.74) is 2.54. The van der Waals surface area contributed by atoms with Crippen LogP contribution >= 0.6 is 11.8 Å². The SMILES string of the molecule is CC(C)Sc1cc(-c2ccc(CCN(C[C@H](O)c3ccc([N+](=O)[O-])cc3)C(=O)OC(C)(C)C)cc2)ccc1C(=O)NS(C)(=O)=O. The molecule has 11 nitrogen and oxygen atoms in total. The highest BCUT2D eigenvalue weighted by Crippen LogP contribution is 2.32. The maximum atomic E-state index is 13.0. The fraction of sp³-hybridized carbons (Fsp3) is 0.375. The second-order valence-electron chi connectivity index (χ2n) is 11.8. The molecule has 1 atom stereocenters. The number of nitro groups is 1. The maximum absolute atomic E-state index is 13.0. The predicted octanol–water partition coefficient (Wildman–Crippen LogP) is 5.96. The molecule has 3 aromatic carbocycles. The van der Waals surface area contributed by atoms with Gasteiger partial charge < -0.3 is 14.7 Å². The molecule has 0 saturated heterocycles. The van der Waals surface area contributed by atoms with Crippen LogP contribution in [0.5, 0.6) is 0 Å². The molecule has 0 saturated carbocycles. The highest BCUT2D eigenvalue weighted by Gasteiger charge is 2.25. The van der Waals surface area contributed by atoms with Gasteiger partial charge in [0.2, 0.25) is 10.0 Å². The molecule has 45 heavy (non-hydrogen) atoms. The highest BCUT2D eigenvalue weighted by molar-refractivity contribution is 8.00. The van der Waals surface area contributed by atoms with Crippen LogP contribution in [0.2, 0.25) is 0 Å². The molecule has 0 aliphatic rings. The van der Waals surface area contributed by atoms with Crippen LogP contribution in [-0.4, -0.2) is 65.5 Å². The van der Waals surface area contributed by atoms with Gasteiger partial charge >= 0.3 is 6.09 Å². The van der Waals surface area contributed by atoms with Crippen LogP contribution in [0.15, 0.2) is 71.6 Å². The number of carbonyl (C=O) groups is 2. The number of nitrogens with zero attached hydrogens (tertiary/aromatic N) is 2. The Hall–Kier alpha value is -3.94. The number of nitrogens with one attached hydrogen (secondary N) is 1. The van der Waals surface area contributed by atoms with E-state index in [1.807, 2.05) is 48.9 Å². The molecular weight excluding hydrogens is 618 g/mol. The maximum Gasteiger partial charge on any atom is 0.410 e. The van der Waals surface area contributed by atoms with E-state index in [1.54, 1.807) is 32.9 Å². The smallest absolute Gasteiger partial charge is 0.410 e. The number of carbonyl (C=O) groups excluding carboxylic acids is 2. The van der Waals surface area contributed by atoms with E-state index < -0.39 is 38.7 Å². The molecule has 3 aromatic rings. The molecule has 13 heteroatoms. The van der Waals surface area contributed by atoms with E-state index in [2.05, 4.69) is 0 Å². The van der Waals surface area contributed by atoms with Crippen molar-refractivity contribution in [3.8, 4) is 11.1 Å². The van der Waals surface area contributed by atoms with Gasteiger partial charge in [0.05, 0.1) is 29.4 Å². The second kappa shape index (κ2) is 14.9. The van der Waals surface area contributed by atoms with Crippen LogP contribution in [0.3, 0.4) is 0 Å². The number of sulfonamides is 1. The number of non-ortho nitro benzene ring substituents is 1. The molecule has 2 amide bonds. The number of aliphatic hydroxyl groups is 1. The number of rotatable bonds is 12. The number of aliphatic hydroxyl groups excluding tert-OH is 1. The number of hydrogen-bond donors (Lipinski definition) is 2. The first-order valence-corrected chi connectivity index (χ1v) is 17.0. The molecule has 0 radical (unpaired) electrons. The van der Waals surface area contributed by atoms with Gasteiger partial charge in [-0.25, -0.2) is 17.9 Å². The van der Waals surface area contributed by atoms with Crippen LogP contribution < -0.4 is 4.72 Å². The fourth-order valence-corrected chi connectivity index (χ4v) is 5.75. The molecule has 0 spiro atoms. The Morgan fingerprint density at radius 1 is 1.02 bits per heavy atom. The van der Waals surface area contributed by atoms with Crippen molar-refractivity contribution in [1.82, 2.24) is 9.62 Å². The lowest BCUT2D eigenvalue weighted by molar-refractivity contribution is -0.384. The van der Waals surface area contributed by atoms with Gasteiger partial charge in [0.25, 0.3) is 11.6 Å². The molecule has 3 rings (SSSR count). The van der Waals surface area contributed by atoms with Gasteiger partial charge in [-0.2, -0.15) is 0 Å². The number of benzene rings is 3. The Labute approximate surface area is 268 Å². The van der Waals surface area contributed by atoms with E-state index in [0.717, 1.165) is 22.9 Å². The number of hydrogen-bond acceptors (Lipinski definition) is 9. The number of nitro benzene ring substituents is 1. The quantitative estimate of drug-likeness (QED) is 0.136. The summed E-state index contributed by atoms with van der Waals surface area (Å²) < 4.78 is 30.8. The van der Waals surface area contributed by atoms with E-state index in [1.165, 1.54) is 40.9 Å². The van der Waals surface area contributed by atoms with Gasteiger partial charge in [0.15, 0.2) is 0 Å². The lowest BCUT2D eigenvalue weighted by Crippen LogP contribution is -2.40. The minimum Gasteiger partial charge on any atom is -0.444 e. The molecular formula is C32H39N3O8S2. The molecule has 242 valence electrons. The summed E-state index contributed by atoms with van der Waals surface area (Å²) in [6.07, 6.45) is -0.272. The molecule has 0 heterocycles. The van der Waals surface area contributed by atoms with Crippen LogP contribution in [0.4, 0.5) is 10.5 Å². The third-order valence-corrected chi connectivity index (χ3v) is 7.98. The van der Waals surface area contributed by atoms with Crippen LogP contribution in [0.1, 0.15) is 62.2 Å².